The van der Waals surface area contributed by atoms with E-state index in [4.69, 9.17) is 0 Å². The van der Waals surface area contributed by atoms with Gasteiger partial charge in [0.15, 0.2) is 5.69 Å². The fourth-order valence-corrected chi connectivity index (χ4v) is 2.67. The van der Waals surface area contributed by atoms with Crippen LogP contribution in [0.5, 0.6) is 0 Å². The second-order valence-electron chi connectivity index (χ2n) is 5.85. The van der Waals surface area contributed by atoms with Crippen molar-refractivity contribution in [1.29, 1.82) is 0 Å². The Bertz CT molecular complexity index is 1090. The average Bonchev–Trinajstić information content (AvgIpc) is 2.64. The summed E-state index contributed by atoms with van der Waals surface area (Å²) in [5.74, 6) is -1.16. The highest BCUT2D eigenvalue weighted by Crippen LogP contribution is 2.14. The van der Waals surface area contributed by atoms with Crippen LogP contribution < -0.4 is 10.7 Å². The first kappa shape index (κ1) is 17.3. The Morgan fingerprint density at radius 3 is 2.65 bits per heavy atom. The van der Waals surface area contributed by atoms with E-state index in [1.54, 1.807) is 37.4 Å². The molecule has 0 radical (unpaired) electrons. The Balaban J connectivity index is 2.00. The second-order valence-corrected chi connectivity index (χ2v) is 5.85. The number of amides is 1. The van der Waals surface area contributed by atoms with Gasteiger partial charge in [-0.1, -0.05) is 17.7 Å². The number of ether oxygens (including phenoxy) is 1. The lowest BCUT2D eigenvalue weighted by Crippen LogP contribution is -2.26. The summed E-state index contributed by atoms with van der Waals surface area (Å²) in [6.45, 7) is 1.87. The maximum absolute atomic E-state index is 12.7. The highest BCUT2D eigenvalue weighted by Gasteiger charge is 2.17. The third kappa shape index (κ3) is 3.19. The van der Waals surface area contributed by atoms with Gasteiger partial charge in [0.25, 0.3) is 5.91 Å². The summed E-state index contributed by atoms with van der Waals surface area (Å²) >= 11 is 0. The molecule has 0 bridgehead atoms. The van der Waals surface area contributed by atoms with Crippen LogP contribution in [0.1, 0.15) is 26.4 Å². The van der Waals surface area contributed by atoms with Gasteiger partial charge in [-0.05, 0) is 37.3 Å². The molecule has 3 rings (SSSR count). The van der Waals surface area contributed by atoms with Crippen LogP contribution >= 0.6 is 0 Å². The van der Waals surface area contributed by atoms with Gasteiger partial charge in [-0.2, -0.15) is 5.10 Å². The summed E-state index contributed by atoms with van der Waals surface area (Å²) in [7, 11) is 2.95. The minimum Gasteiger partial charge on any atom is -0.465 e. The van der Waals surface area contributed by atoms with Gasteiger partial charge >= 0.3 is 5.97 Å². The van der Waals surface area contributed by atoms with E-state index in [-0.39, 0.29) is 5.69 Å². The standard InChI is InChI=1S/C19H17N3O4/c1-11-7-8-15-14(9-11)17(23)16(21-22(15)2)18(24)20-13-6-4-5-12(10-13)19(25)26-3/h4-10H,1-3H3,(H,20,24). The summed E-state index contributed by atoms with van der Waals surface area (Å²) in [5.41, 5.74) is 1.56. The second kappa shape index (κ2) is 6.79. The molecule has 0 aliphatic rings. The van der Waals surface area contributed by atoms with Crippen molar-refractivity contribution in [1.82, 2.24) is 9.78 Å². The van der Waals surface area contributed by atoms with Crippen molar-refractivity contribution in [2.75, 3.05) is 12.4 Å². The van der Waals surface area contributed by atoms with Gasteiger partial charge in [0.2, 0.25) is 5.43 Å². The number of aromatic nitrogens is 2. The summed E-state index contributed by atoms with van der Waals surface area (Å²) in [6.07, 6.45) is 0. The Labute approximate surface area is 149 Å². The van der Waals surface area contributed by atoms with Crippen molar-refractivity contribution in [2.24, 2.45) is 7.05 Å². The number of fused-ring (bicyclic) bond motifs is 1. The van der Waals surface area contributed by atoms with Crippen LogP contribution in [-0.2, 0) is 11.8 Å². The van der Waals surface area contributed by atoms with Gasteiger partial charge in [0.05, 0.1) is 23.6 Å². The number of benzene rings is 2. The average molecular weight is 351 g/mol. The molecule has 1 aromatic heterocycles. The van der Waals surface area contributed by atoms with E-state index in [0.29, 0.717) is 22.2 Å². The van der Waals surface area contributed by atoms with E-state index in [2.05, 4.69) is 15.2 Å². The molecule has 1 heterocycles. The van der Waals surface area contributed by atoms with Crippen molar-refractivity contribution in [2.45, 2.75) is 6.92 Å². The first-order valence-electron chi connectivity index (χ1n) is 7.88. The highest BCUT2D eigenvalue weighted by atomic mass is 16.5. The summed E-state index contributed by atoms with van der Waals surface area (Å²) < 4.78 is 6.15. The molecule has 0 spiro atoms. The number of hydrogen-bond donors (Lipinski definition) is 1. The number of esters is 1. The highest BCUT2D eigenvalue weighted by molar-refractivity contribution is 6.04. The fourth-order valence-electron chi connectivity index (χ4n) is 2.67. The Morgan fingerprint density at radius 1 is 1.15 bits per heavy atom. The van der Waals surface area contributed by atoms with Crippen LogP contribution in [0.3, 0.4) is 0 Å². The minimum absolute atomic E-state index is 0.214. The first-order valence-corrected chi connectivity index (χ1v) is 7.88. The lowest BCUT2D eigenvalue weighted by atomic mass is 10.1. The van der Waals surface area contributed by atoms with Crippen molar-refractivity contribution >= 4 is 28.5 Å². The van der Waals surface area contributed by atoms with E-state index in [9.17, 15) is 14.4 Å². The Morgan fingerprint density at radius 2 is 1.92 bits per heavy atom. The zero-order valence-corrected chi connectivity index (χ0v) is 14.6. The maximum atomic E-state index is 12.7. The fraction of sp³-hybridized carbons (Fsp3) is 0.158. The molecule has 26 heavy (non-hydrogen) atoms. The van der Waals surface area contributed by atoms with Crippen LogP contribution in [0.4, 0.5) is 5.69 Å². The molecular formula is C19H17N3O4. The molecule has 0 saturated heterocycles. The number of anilines is 1. The van der Waals surface area contributed by atoms with Gasteiger partial charge in [0, 0.05) is 12.7 Å². The molecule has 132 valence electrons. The molecule has 1 amide bonds. The summed E-state index contributed by atoms with van der Waals surface area (Å²) in [6, 6.07) is 11.7. The topological polar surface area (TPSA) is 90.3 Å². The van der Waals surface area contributed by atoms with Gasteiger partial charge in [-0.25, -0.2) is 4.79 Å². The smallest absolute Gasteiger partial charge is 0.337 e. The normalized spacial score (nSPS) is 10.6. The van der Waals surface area contributed by atoms with E-state index in [1.807, 2.05) is 13.0 Å². The molecule has 0 aliphatic heterocycles. The summed E-state index contributed by atoms with van der Waals surface area (Å²) in [5, 5.41) is 7.13. The number of carbonyl (C=O) groups excluding carboxylic acids is 2. The predicted molar refractivity (Wildman–Crippen MR) is 97.5 cm³/mol. The van der Waals surface area contributed by atoms with Crippen LogP contribution in [0.25, 0.3) is 10.9 Å². The van der Waals surface area contributed by atoms with Crippen molar-refractivity contribution in [3.63, 3.8) is 0 Å². The molecule has 0 atom stereocenters. The van der Waals surface area contributed by atoms with E-state index in [0.717, 1.165) is 5.56 Å². The van der Waals surface area contributed by atoms with Crippen LogP contribution in [0.15, 0.2) is 47.3 Å². The van der Waals surface area contributed by atoms with Gasteiger partial charge in [-0.15, -0.1) is 0 Å². The van der Waals surface area contributed by atoms with E-state index >= 15 is 0 Å². The molecule has 0 unspecified atom stereocenters. The Kier molecular flexibility index (Phi) is 4.53. The summed E-state index contributed by atoms with van der Waals surface area (Å²) in [4.78, 5) is 36.8. The molecule has 0 fully saturated rings. The first-order chi connectivity index (χ1) is 12.4. The van der Waals surface area contributed by atoms with Crippen LogP contribution in [0, 0.1) is 6.92 Å². The number of aryl methyl sites for hydroxylation is 2. The molecule has 0 aliphatic carbocycles. The molecule has 0 saturated carbocycles. The van der Waals surface area contributed by atoms with Gasteiger partial charge in [-0.3, -0.25) is 14.3 Å². The lowest BCUT2D eigenvalue weighted by Gasteiger charge is -2.09. The third-order valence-electron chi connectivity index (χ3n) is 3.97. The zero-order valence-electron chi connectivity index (χ0n) is 14.6. The number of rotatable bonds is 3. The monoisotopic (exact) mass is 351 g/mol. The predicted octanol–water partition coefficient (Wildman–Crippen LogP) is 2.28. The van der Waals surface area contributed by atoms with E-state index < -0.39 is 17.3 Å². The van der Waals surface area contributed by atoms with Crippen LogP contribution in [-0.4, -0.2) is 28.8 Å². The van der Waals surface area contributed by atoms with E-state index in [1.165, 1.54) is 17.9 Å². The molecule has 7 heteroatoms. The largest absolute Gasteiger partial charge is 0.465 e. The van der Waals surface area contributed by atoms with Crippen LogP contribution in [0.2, 0.25) is 0 Å². The minimum atomic E-state index is -0.643. The number of nitrogens with one attached hydrogen (secondary N) is 1. The maximum Gasteiger partial charge on any atom is 0.337 e. The molecule has 3 aromatic rings. The van der Waals surface area contributed by atoms with Crippen molar-refractivity contribution in [3.05, 3.63) is 69.5 Å². The Hall–Kier alpha value is -3.48. The number of hydrogen-bond acceptors (Lipinski definition) is 5. The number of methoxy groups -OCH3 is 1. The third-order valence-corrected chi connectivity index (χ3v) is 3.97. The van der Waals surface area contributed by atoms with Gasteiger partial charge in [0.1, 0.15) is 0 Å². The van der Waals surface area contributed by atoms with Crippen molar-refractivity contribution < 1.29 is 14.3 Å². The lowest BCUT2D eigenvalue weighted by molar-refractivity contribution is 0.0600. The number of nitrogens with zero attached hydrogens (tertiary/aromatic N) is 2. The van der Waals surface area contributed by atoms with Crippen molar-refractivity contribution in [3.8, 4) is 0 Å². The molecule has 2 aromatic carbocycles. The quantitative estimate of drug-likeness (QED) is 0.731. The zero-order chi connectivity index (χ0) is 18.8. The SMILES string of the molecule is COC(=O)c1cccc(NC(=O)c2nn(C)c3ccc(C)cc3c2=O)c1. The van der Waals surface area contributed by atoms with Gasteiger partial charge < -0.3 is 10.1 Å². The molecule has 1 N–H and O–H groups in total. The molecular weight excluding hydrogens is 334 g/mol. The number of carbonyl (C=O) groups is 2. The molecule has 7 nitrogen and oxygen atoms in total.